The Morgan fingerprint density at radius 1 is 0.730 bits per heavy atom. The van der Waals surface area contributed by atoms with E-state index in [2.05, 4.69) is 82.7 Å². The molecule has 0 aliphatic heterocycles. The van der Waals surface area contributed by atoms with Gasteiger partial charge in [-0.1, -0.05) is 34.3 Å². The first-order valence-electron chi connectivity index (χ1n) is 13.8. The summed E-state index contributed by atoms with van der Waals surface area (Å²) in [5.41, 5.74) is -1.45. The predicted octanol–water partition coefficient (Wildman–Crippen LogP) is 7.53. The number of rotatable bonds is 19. The molecular weight excluding hydrogens is 468 g/mol. The summed E-state index contributed by atoms with van der Waals surface area (Å²) in [6.45, 7) is 33.0. The Bertz CT molecular complexity index is 702. The zero-order chi connectivity index (χ0) is 29.3. The molecule has 6 heteroatoms. The first-order chi connectivity index (χ1) is 16.5. The van der Waals surface area contributed by atoms with Crippen LogP contribution in [0.1, 0.15) is 116 Å². The first-order valence-corrected chi connectivity index (χ1v) is 13.8. The Balaban J connectivity index is 4.92. The van der Waals surface area contributed by atoms with Gasteiger partial charge in [0.15, 0.2) is 0 Å². The maximum Gasteiger partial charge on any atom is 0.330 e. The van der Waals surface area contributed by atoms with Crippen molar-refractivity contribution < 1.29 is 28.5 Å². The van der Waals surface area contributed by atoms with Crippen molar-refractivity contribution in [3.63, 3.8) is 0 Å². The van der Waals surface area contributed by atoms with Crippen LogP contribution in [0, 0.1) is 10.8 Å². The number of hydrogen-bond acceptors (Lipinski definition) is 6. The lowest BCUT2D eigenvalue weighted by Gasteiger charge is -2.47. The number of hydrogen-bond donors (Lipinski definition) is 0. The quantitative estimate of drug-likeness (QED) is 0.128. The molecule has 1 atom stereocenters. The molecule has 6 nitrogen and oxygen atoms in total. The molecule has 0 saturated carbocycles. The van der Waals surface area contributed by atoms with Crippen LogP contribution in [0.3, 0.4) is 0 Å². The van der Waals surface area contributed by atoms with E-state index >= 15 is 0 Å². The molecule has 220 valence electrons. The van der Waals surface area contributed by atoms with E-state index in [1.54, 1.807) is 7.11 Å². The highest BCUT2D eigenvalue weighted by Crippen LogP contribution is 2.43. The van der Waals surface area contributed by atoms with Crippen LogP contribution in [0.25, 0.3) is 0 Å². The third-order valence-electron chi connectivity index (χ3n) is 8.61. The number of carbonyl (C=O) groups excluding carboxylic acids is 1. The molecule has 0 N–H and O–H groups in total. The molecule has 0 heterocycles. The van der Waals surface area contributed by atoms with Crippen LogP contribution in [0.2, 0.25) is 0 Å². The van der Waals surface area contributed by atoms with Crippen LogP contribution in [-0.4, -0.2) is 61.4 Å². The SMILES string of the molecule is C=CC(=O)OCCC(C)(C)OCCC(C)(C)C(C)(C)OC(C)CC(C)(C)C(C)(C)OCCC(C)(C)OC. The maximum absolute atomic E-state index is 11.3. The lowest BCUT2D eigenvalue weighted by atomic mass is 9.72. The van der Waals surface area contributed by atoms with Gasteiger partial charge in [0.25, 0.3) is 0 Å². The van der Waals surface area contributed by atoms with Crippen molar-refractivity contribution in [3.05, 3.63) is 12.7 Å². The van der Waals surface area contributed by atoms with Gasteiger partial charge in [-0.2, -0.15) is 0 Å². The third kappa shape index (κ3) is 12.6. The van der Waals surface area contributed by atoms with Crippen molar-refractivity contribution in [1.82, 2.24) is 0 Å². The Hall–Kier alpha value is -0.950. The number of ether oxygens (including phenoxy) is 5. The summed E-state index contributed by atoms with van der Waals surface area (Å²) < 4.78 is 29.9. The van der Waals surface area contributed by atoms with Crippen LogP contribution < -0.4 is 0 Å². The van der Waals surface area contributed by atoms with E-state index in [0.717, 1.165) is 19.3 Å². The number of esters is 1. The van der Waals surface area contributed by atoms with Crippen LogP contribution in [0.15, 0.2) is 12.7 Å². The summed E-state index contributed by atoms with van der Waals surface area (Å²) in [7, 11) is 1.74. The molecule has 0 radical (unpaired) electrons. The Morgan fingerprint density at radius 2 is 1.24 bits per heavy atom. The lowest BCUT2D eigenvalue weighted by Crippen LogP contribution is -2.48. The average molecular weight is 529 g/mol. The standard InChI is InChI=1S/C31H60O6/c1-16-25(32)34-20-18-29(9,10)35-21-17-26(3,4)31(13,14)37-24(2)23-27(5,6)30(11,12)36-22-19-28(7,8)33-15/h16,24H,1,17-23H2,2-15H3. The summed E-state index contributed by atoms with van der Waals surface area (Å²) in [4.78, 5) is 11.3. The molecule has 0 bridgehead atoms. The van der Waals surface area contributed by atoms with E-state index in [0.29, 0.717) is 26.2 Å². The van der Waals surface area contributed by atoms with Gasteiger partial charge in [-0.15, -0.1) is 0 Å². The number of methoxy groups -OCH3 is 1. The highest BCUT2D eigenvalue weighted by molar-refractivity contribution is 5.81. The molecule has 0 saturated heterocycles. The highest BCUT2D eigenvalue weighted by Gasteiger charge is 2.43. The molecule has 0 aromatic heterocycles. The smallest absolute Gasteiger partial charge is 0.330 e. The van der Waals surface area contributed by atoms with Crippen molar-refractivity contribution in [2.24, 2.45) is 10.8 Å². The van der Waals surface area contributed by atoms with Crippen molar-refractivity contribution in [2.75, 3.05) is 26.9 Å². The molecule has 1 unspecified atom stereocenters. The Labute approximate surface area is 229 Å². The second kappa shape index (κ2) is 13.9. The first kappa shape index (κ1) is 36.0. The van der Waals surface area contributed by atoms with E-state index in [4.69, 9.17) is 23.7 Å². The van der Waals surface area contributed by atoms with E-state index in [9.17, 15) is 4.79 Å². The van der Waals surface area contributed by atoms with E-state index in [1.165, 1.54) is 6.08 Å². The van der Waals surface area contributed by atoms with Crippen LogP contribution in [0.4, 0.5) is 0 Å². The maximum atomic E-state index is 11.3. The van der Waals surface area contributed by atoms with Gasteiger partial charge in [0, 0.05) is 26.2 Å². The van der Waals surface area contributed by atoms with Gasteiger partial charge in [0.2, 0.25) is 0 Å². The van der Waals surface area contributed by atoms with Gasteiger partial charge in [-0.25, -0.2) is 4.79 Å². The van der Waals surface area contributed by atoms with E-state index in [1.807, 2.05) is 13.8 Å². The van der Waals surface area contributed by atoms with Gasteiger partial charge in [-0.05, 0) is 92.4 Å². The predicted molar refractivity (Wildman–Crippen MR) is 153 cm³/mol. The molecule has 0 fully saturated rings. The minimum absolute atomic E-state index is 0.0551. The van der Waals surface area contributed by atoms with Gasteiger partial charge >= 0.3 is 5.97 Å². The Kier molecular flexibility index (Phi) is 13.6. The van der Waals surface area contributed by atoms with Crippen LogP contribution >= 0.6 is 0 Å². The molecule has 0 aromatic carbocycles. The molecule has 0 aromatic rings. The molecule has 0 rings (SSSR count). The molecule has 37 heavy (non-hydrogen) atoms. The Morgan fingerprint density at radius 3 is 1.76 bits per heavy atom. The summed E-state index contributed by atoms with van der Waals surface area (Å²) in [5, 5.41) is 0. The zero-order valence-electron chi connectivity index (χ0n) is 26.8. The van der Waals surface area contributed by atoms with Crippen molar-refractivity contribution >= 4 is 5.97 Å². The third-order valence-corrected chi connectivity index (χ3v) is 8.61. The minimum Gasteiger partial charge on any atom is -0.462 e. The minimum atomic E-state index is -0.405. The van der Waals surface area contributed by atoms with Crippen molar-refractivity contribution in [2.45, 2.75) is 144 Å². The van der Waals surface area contributed by atoms with Crippen LogP contribution in [0.5, 0.6) is 0 Å². The van der Waals surface area contributed by atoms with E-state index < -0.39 is 5.97 Å². The molecular formula is C31H60O6. The normalized spacial score (nSPS) is 15.0. The highest BCUT2D eigenvalue weighted by atomic mass is 16.5. The lowest BCUT2D eigenvalue weighted by molar-refractivity contribution is -0.170. The van der Waals surface area contributed by atoms with Gasteiger partial charge in [0.1, 0.15) is 0 Å². The second-order valence-corrected chi connectivity index (χ2v) is 14.0. The van der Waals surface area contributed by atoms with Crippen LogP contribution in [-0.2, 0) is 28.5 Å². The fraction of sp³-hybridized carbons (Fsp3) is 0.903. The topological polar surface area (TPSA) is 63.2 Å². The van der Waals surface area contributed by atoms with E-state index in [-0.39, 0.29) is 39.3 Å². The summed E-state index contributed by atoms with van der Waals surface area (Å²) in [6.07, 6.45) is 4.42. The molecule has 0 spiro atoms. The zero-order valence-corrected chi connectivity index (χ0v) is 26.8. The fourth-order valence-electron chi connectivity index (χ4n) is 3.93. The monoisotopic (exact) mass is 528 g/mol. The van der Waals surface area contributed by atoms with Crippen molar-refractivity contribution in [3.8, 4) is 0 Å². The summed E-state index contributed by atoms with van der Waals surface area (Å²) in [6, 6.07) is 0. The molecule has 0 amide bonds. The second-order valence-electron chi connectivity index (χ2n) is 14.0. The summed E-state index contributed by atoms with van der Waals surface area (Å²) >= 11 is 0. The van der Waals surface area contributed by atoms with Gasteiger partial charge in [0.05, 0.1) is 41.7 Å². The van der Waals surface area contributed by atoms with Crippen molar-refractivity contribution in [1.29, 1.82) is 0 Å². The number of carbonyl (C=O) groups is 1. The van der Waals surface area contributed by atoms with Gasteiger partial charge < -0.3 is 23.7 Å². The average Bonchev–Trinajstić information content (AvgIpc) is 2.71. The largest absolute Gasteiger partial charge is 0.462 e. The molecule has 0 aliphatic rings. The molecule has 0 aliphatic carbocycles. The van der Waals surface area contributed by atoms with Gasteiger partial charge in [-0.3, -0.25) is 0 Å². The summed E-state index contributed by atoms with van der Waals surface area (Å²) in [5.74, 6) is -0.405. The fourth-order valence-corrected chi connectivity index (χ4v) is 3.93.